The summed E-state index contributed by atoms with van der Waals surface area (Å²) in [6.45, 7) is 1.60. The molecule has 0 radical (unpaired) electrons. The standard InChI is InChI=1S/C32H24FN3O4S2/c1-18-13-14-21(16-25(18)33)28(37)26-27(20-9-6-11-23(15-20)40-2)36(30(39)29(26)38)31-34-35-32(42-31)41-17-22-10-5-8-19-7-3-4-12-24(19)22/h3-16,27,37H,17H2,1-2H3/t27-/m0/s1. The van der Waals surface area contributed by atoms with Gasteiger partial charge in [0.1, 0.15) is 17.3 Å². The molecule has 0 aliphatic carbocycles. The van der Waals surface area contributed by atoms with Crippen molar-refractivity contribution in [2.75, 3.05) is 12.0 Å². The van der Waals surface area contributed by atoms with E-state index in [0.717, 1.165) is 22.4 Å². The van der Waals surface area contributed by atoms with Crippen LogP contribution >= 0.6 is 23.1 Å². The summed E-state index contributed by atoms with van der Waals surface area (Å²) < 4.78 is 20.4. The first kappa shape index (κ1) is 27.6. The topological polar surface area (TPSA) is 92.6 Å². The number of Topliss-reactive ketones (excluding diaryl/α,β-unsaturated/α-hetero) is 1. The van der Waals surface area contributed by atoms with Crippen molar-refractivity contribution < 1.29 is 23.8 Å². The van der Waals surface area contributed by atoms with E-state index in [-0.39, 0.29) is 16.3 Å². The number of benzene rings is 4. The van der Waals surface area contributed by atoms with E-state index in [9.17, 15) is 19.1 Å². The summed E-state index contributed by atoms with van der Waals surface area (Å²) >= 11 is 2.66. The molecule has 4 aromatic carbocycles. The molecular weight excluding hydrogens is 574 g/mol. The minimum Gasteiger partial charge on any atom is -0.507 e. The van der Waals surface area contributed by atoms with Crippen LogP contribution in [-0.4, -0.2) is 34.1 Å². The number of nitrogens with zero attached hydrogens (tertiary/aromatic N) is 3. The maximum absolute atomic E-state index is 14.4. The predicted octanol–water partition coefficient (Wildman–Crippen LogP) is 7.07. The number of ether oxygens (including phenoxy) is 1. The Kier molecular flexibility index (Phi) is 7.49. The van der Waals surface area contributed by atoms with Gasteiger partial charge in [-0.25, -0.2) is 4.39 Å². The number of methoxy groups -OCH3 is 1. The second kappa shape index (κ2) is 11.4. The van der Waals surface area contributed by atoms with Crippen LogP contribution in [0.25, 0.3) is 16.5 Å². The Morgan fingerprint density at radius 1 is 1.02 bits per heavy atom. The van der Waals surface area contributed by atoms with Crippen molar-refractivity contribution in [2.45, 2.75) is 23.1 Å². The van der Waals surface area contributed by atoms with Crippen LogP contribution in [0.3, 0.4) is 0 Å². The number of carbonyl (C=O) groups excluding carboxylic acids is 2. The fourth-order valence-electron chi connectivity index (χ4n) is 4.97. The number of aliphatic hydroxyl groups excluding tert-OH is 1. The van der Waals surface area contributed by atoms with E-state index in [1.54, 1.807) is 31.2 Å². The normalized spacial score (nSPS) is 16.4. The molecule has 0 spiro atoms. The van der Waals surface area contributed by atoms with Gasteiger partial charge in [-0.05, 0) is 52.6 Å². The first-order valence-corrected chi connectivity index (χ1v) is 14.8. The van der Waals surface area contributed by atoms with Gasteiger partial charge in [0.2, 0.25) is 5.13 Å². The summed E-state index contributed by atoms with van der Waals surface area (Å²) in [4.78, 5) is 28.2. The minimum absolute atomic E-state index is 0.0904. The molecule has 0 bridgehead atoms. The molecule has 1 N–H and O–H groups in total. The van der Waals surface area contributed by atoms with Gasteiger partial charge in [-0.2, -0.15) is 0 Å². The Balaban J connectivity index is 1.39. The van der Waals surface area contributed by atoms with Crippen molar-refractivity contribution in [1.82, 2.24) is 10.2 Å². The highest BCUT2D eigenvalue weighted by Crippen LogP contribution is 2.44. The number of aromatic nitrogens is 2. The lowest BCUT2D eigenvalue weighted by Crippen LogP contribution is -2.29. The highest BCUT2D eigenvalue weighted by atomic mass is 32.2. The number of ketones is 1. The molecule has 1 aliphatic heterocycles. The zero-order valence-corrected chi connectivity index (χ0v) is 24.2. The predicted molar refractivity (Wildman–Crippen MR) is 162 cm³/mol. The van der Waals surface area contributed by atoms with Gasteiger partial charge in [-0.3, -0.25) is 14.5 Å². The Morgan fingerprint density at radius 2 is 1.81 bits per heavy atom. The molecule has 0 unspecified atom stereocenters. The second-order valence-corrected chi connectivity index (χ2v) is 11.9. The van der Waals surface area contributed by atoms with Crippen molar-refractivity contribution in [3.05, 3.63) is 119 Å². The molecular formula is C32H24FN3O4S2. The number of hydrogen-bond acceptors (Lipinski definition) is 8. The third kappa shape index (κ3) is 5.03. The molecule has 1 saturated heterocycles. The van der Waals surface area contributed by atoms with Crippen LogP contribution in [0.4, 0.5) is 9.52 Å². The average Bonchev–Trinajstić information content (AvgIpc) is 3.58. The van der Waals surface area contributed by atoms with Crippen LogP contribution in [0.1, 0.15) is 28.3 Å². The number of halogens is 1. The zero-order chi connectivity index (χ0) is 29.4. The molecule has 6 rings (SSSR count). The molecule has 1 aliphatic rings. The van der Waals surface area contributed by atoms with E-state index in [1.807, 2.05) is 18.2 Å². The van der Waals surface area contributed by atoms with E-state index < -0.39 is 29.3 Å². The summed E-state index contributed by atoms with van der Waals surface area (Å²) in [5.41, 5.74) is 1.96. The smallest absolute Gasteiger partial charge is 0.301 e. The fraction of sp³-hybridized carbons (Fsp3) is 0.125. The third-order valence-corrected chi connectivity index (χ3v) is 9.24. The maximum Gasteiger partial charge on any atom is 0.301 e. The van der Waals surface area contributed by atoms with Gasteiger partial charge >= 0.3 is 5.91 Å². The number of thioether (sulfide) groups is 1. The van der Waals surface area contributed by atoms with Crippen LogP contribution in [0.5, 0.6) is 5.75 Å². The van der Waals surface area contributed by atoms with Gasteiger partial charge < -0.3 is 9.84 Å². The van der Waals surface area contributed by atoms with Crippen molar-refractivity contribution in [3.63, 3.8) is 0 Å². The molecule has 10 heteroatoms. The lowest BCUT2D eigenvalue weighted by atomic mass is 9.95. The largest absolute Gasteiger partial charge is 0.507 e. The highest BCUT2D eigenvalue weighted by molar-refractivity contribution is 8.00. The van der Waals surface area contributed by atoms with Gasteiger partial charge in [0.25, 0.3) is 5.78 Å². The van der Waals surface area contributed by atoms with Crippen molar-refractivity contribution in [1.29, 1.82) is 0 Å². The molecule has 210 valence electrons. The Morgan fingerprint density at radius 3 is 2.62 bits per heavy atom. The summed E-state index contributed by atoms with van der Waals surface area (Å²) in [6, 6.07) is 24.3. The summed E-state index contributed by atoms with van der Waals surface area (Å²) in [5, 5.41) is 22.4. The molecule has 7 nitrogen and oxygen atoms in total. The van der Waals surface area contributed by atoms with E-state index in [0.29, 0.717) is 27.0 Å². The number of fused-ring (bicyclic) bond motifs is 1. The SMILES string of the molecule is COc1cccc([C@H]2C(=C(O)c3ccc(C)c(F)c3)C(=O)C(=O)N2c2nnc(SCc3cccc4ccccc34)s2)c1. The minimum atomic E-state index is -1.03. The number of aryl methyl sites for hydroxylation is 1. The van der Waals surface area contributed by atoms with Gasteiger partial charge in [0.15, 0.2) is 4.34 Å². The van der Waals surface area contributed by atoms with Crippen LogP contribution in [-0.2, 0) is 15.3 Å². The number of anilines is 1. The molecule has 0 saturated carbocycles. The van der Waals surface area contributed by atoms with Crippen LogP contribution in [0.15, 0.2) is 94.8 Å². The van der Waals surface area contributed by atoms with E-state index >= 15 is 0 Å². The monoisotopic (exact) mass is 597 g/mol. The molecule has 1 atom stereocenters. The Labute approximate surface area is 249 Å². The number of amides is 1. The molecule has 42 heavy (non-hydrogen) atoms. The quantitative estimate of drug-likeness (QED) is 0.0706. The molecule has 1 aromatic heterocycles. The molecule has 5 aromatic rings. The van der Waals surface area contributed by atoms with Crippen LogP contribution in [0.2, 0.25) is 0 Å². The van der Waals surface area contributed by atoms with E-state index in [2.05, 4.69) is 34.5 Å². The third-order valence-electron chi connectivity index (χ3n) is 7.13. The van der Waals surface area contributed by atoms with E-state index in [1.165, 1.54) is 47.2 Å². The van der Waals surface area contributed by atoms with Crippen molar-refractivity contribution >= 4 is 56.5 Å². The highest BCUT2D eigenvalue weighted by Gasteiger charge is 2.48. The van der Waals surface area contributed by atoms with Crippen LogP contribution < -0.4 is 9.64 Å². The number of carbonyl (C=O) groups is 2. The lowest BCUT2D eigenvalue weighted by molar-refractivity contribution is -0.132. The number of aliphatic hydroxyl groups is 1. The van der Waals surface area contributed by atoms with Gasteiger partial charge in [-0.1, -0.05) is 89.8 Å². The fourth-order valence-corrected chi connectivity index (χ4v) is 6.84. The van der Waals surface area contributed by atoms with Gasteiger partial charge in [0, 0.05) is 11.3 Å². The molecule has 1 amide bonds. The molecule has 2 heterocycles. The Hall–Kier alpha value is -4.54. The van der Waals surface area contributed by atoms with Crippen molar-refractivity contribution in [3.8, 4) is 5.75 Å². The summed E-state index contributed by atoms with van der Waals surface area (Å²) in [6.07, 6.45) is 0. The van der Waals surface area contributed by atoms with Crippen LogP contribution in [0, 0.1) is 12.7 Å². The second-order valence-electron chi connectivity index (χ2n) is 9.69. The number of rotatable bonds is 7. The summed E-state index contributed by atoms with van der Waals surface area (Å²) in [5.74, 6) is -1.64. The van der Waals surface area contributed by atoms with Gasteiger partial charge in [0.05, 0.1) is 18.7 Å². The molecule has 1 fully saturated rings. The number of hydrogen-bond donors (Lipinski definition) is 1. The lowest BCUT2D eigenvalue weighted by Gasteiger charge is -2.23. The zero-order valence-electron chi connectivity index (χ0n) is 22.6. The summed E-state index contributed by atoms with van der Waals surface area (Å²) in [7, 11) is 1.51. The van der Waals surface area contributed by atoms with Gasteiger partial charge in [-0.15, -0.1) is 10.2 Å². The van der Waals surface area contributed by atoms with Crippen molar-refractivity contribution in [2.24, 2.45) is 0 Å². The first-order chi connectivity index (χ1) is 20.4. The average molecular weight is 598 g/mol. The first-order valence-electron chi connectivity index (χ1n) is 13.0. The Bertz CT molecular complexity index is 1880. The van der Waals surface area contributed by atoms with E-state index in [4.69, 9.17) is 4.74 Å². The maximum atomic E-state index is 14.4.